The summed E-state index contributed by atoms with van der Waals surface area (Å²) in [5.74, 6) is 0.699. The first kappa shape index (κ1) is 21.0. The molecule has 4 rings (SSSR count). The Balaban J connectivity index is 1.77. The van der Waals surface area contributed by atoms with E-state index < -0.39 is 11.1 Å². The highest BCUT2D eigenvalue weighted by molar-refractivity contribution is 7.13. The van der Waals surface area contributed by atoms with Crippen LogP contribution in [0.2, 0.25) is 0 Å². The van der Waals surface area contributed by atoms with E-state index in [1.807, 2.05) is 29.6 Å². The van der Waals surface area contributed by atoms with E-state index in [-0.39, 0.29) is 17.0 Å². The molecule has 160 valence electrons. The molecule has 0 amide bonds. The molecule has 0 fully saturated rings. The highest BCUT2D eigenvalue weighted by Gasteiger charge is 2.20. The molecular formula is C23H16N2O6S. The molecule has 0 aliphatic carbocycles. The van der Waals surface area contributed by atoms with E-state index in [1.54, 1.807) is 37.4 Å². The second kappa shape index (κ2) is 8.86. The molecule has 3 aromatic carbocycles. The van der Waals surface area contributed by atoms with Gasteiger partial charge in [-0.05, 0) is 30.3 Å². The lowest BCUT2D eigenvalue weighted by atomic mass is 10.0. The normalized spacial score (nSPS) is 10.5. The van der Waals surface area contributed by atoms with E-state index >= 15 is 0 Å². The van der Waals surface area contributed by atoms with Crippen molar-refractivity contribution in [1.82, 2.24) is 4.98 Å². The maximum atomic E-state index is 11.4. The highest BCUT2D eigenvalue weighted by atomic mass is 32.1. The maximum Gasteiger partial charge on any atom is 0.511 e. The number of carboxylic acid groups (broad SMARTS) is 1. The SMILES string of the molecule is COc1cccc(-c2csc(-c3ccc(-c4ccccc4[N+](=O)[O-])c(OC(=O)O)c3)n2)c1. The summed E-state index contributed by atoms with van der Waals surface area (Å²) < 4.78 is 10.2. The van der Waals surface area contributed by atoms with Gasteiger partial charge in [0.05, 0.1) is 23.3 Å². The van der Waals surface area contributed by atoms with Gasteiger partial charge in [-0.25, -0.2) is 9.78 Å². The number of para-hydroxylation sites is 1. The molecule has 1 N–H and O–H groups in total. The van der Waals surface area contributed by atoms with Crippen LogP contribution >= 0.6 is 11.3 Å². The van der Waals surface area contributed by atoms with Crippen LogP contribution in [-0.2, 0) is 0 Å². The summed E-state index contributed by atoms with van der Waals surface area (Å²) in [5.41, 5.74) is 2.66. The van der Waals surface area contributed by atoms with Gasteiger partial charge in [0.15, 0.2) is 0 Å². The van der Waals surface area contributed by atoms with Crippen LogP contribution in [0, 0.1) is 10.1 Å². The second-order valence-corrected chi connectivity index (χ2v) is 7.48. The quantitative estimate of drug-likeness (QED) is 0.164. The van der Waals surface area contributed by atoms with Crippen LogP contribution in [0.5, 0.6) is 11.5 Å². The van der Waals surface area contributed by atoms with Gasteiger partial charge < -0.3 is 14.6 Å². The minimum absolute atomic E-state index is 0.0116. The van der Waals surface area contributed by atoms with Crippen LogP contribution in [-0.4, -0.2) is 28.3 Å². The molecule has 0 atom stereocenters. The van der Waals surface area contributed by atoms with Gasteiger partial charge in [0.25, 0.3) is 5.69 Å². The molecule has 9 heteroatoms. The molecule has 1 aromatic heterocycles. The largest absolute Gasteiger partial charge is 0.511 e. The average molecular weight is 448 g/mol. The van der Waals surface area contributed by atoms with Crippen LogP contribution in [0.1, 0.15) is 0 Å². The number of nitrogens with zero attached hydrogens (tertiary/aromatic N) is 2. The first-order valence-corrected chi connectivity index (χ1v) is 10.2. The topological polar surface area (TPSA) is 112 Å². The zero-order chi connectivity index (χ0) is 22.7. The molecule has 0 radical (unpaired) electrons. The summed E-state index contributed by atoms with van der Waals surface area (Å²) >= 11 is 1.39. The average Bonchev–Trinajstić information content (AvgIpc) is 3.29. The van der Waals surface area contributed by atoms with E-state index in [0.717, 1.165) is 11.3 Å². The van der Waals surface area contributed by atoms with E-state index in [4.69, 9.17) is 9.47 Å². The Bertz CT molecular complexity index is 1320. The van der Waals surface area contributed by atoms with Crippen molar-refractivity contribution in [2.45, 2.75) is 0 Å². The molecule has 0 saturated carbocycles. The standard InChI is InChI=1S/C23H16N2O6S/c1-30-16-6-4-5-14(11-16)19-13-32-22(24-19)15-9-10-18(21(12-15)31-23(26)27)17-7-2-3-8-20(17)25(28)29/h2-13H,1H3,(H,26,27). The van der Waals surface area contributed by atoms with Gasteiger partial charge in [-0.1, -0.05) is 30.3 Å². The van der Waals surface area contributed by atoms with E-state index in [9.17, 15) is 20.0 Å². The van der Waals surface area contributed by atoms with Gasteiger partial charge >= 0.3 is 6.16 Å². The van der Waals surface area contributed by atoms with Crippen molar-refractivity contribution in [3.63, 3.8) is 0 Å². The van der Waals surface area contributed by atoms with Crippen molar-refractivity contribution in [2.24, 2.45) is 0 Å². The lowest BCUT2D eigenvalue weighted by molar-refractivity contribution is -0.384. The molecule has 0 aliphatic rings. The number of ether oxygens (including phenoxy) is 2. The second-order valence-electron chi connectivity index (χ2n) is 6.62. The van der Waals surface area contributed by atoms with Crippen LogP contribution < -0.4 is 9.47 Å². The number of hydrogen-bond donors (Lipinski definition) is 1. The predicted octanol–water partition coefficient (Wildman–Crippen LogP) is 6.12. The molecule has 1 heterocycles. The Morgan fingerprint density at radius 2 is 1.84 bits per heavy atom. The van der Waals surface area contributed by atoms with Gasteiger partial charge in [0.2, 0.25) is 0 Å². The molecule has 0 aliphatic heterocycles. The summed E-state index contributed by atoms with van der Waals surface area (Å²) in [4.78, 5) is 26.8. The van der Waals surface area contributed by atoms with Gasteiger partial charge in [0.1, 0.15) is 16.5 Å². The molecule has 0 unspecified atom stereocenters. The Morgan fingerprint density at radius 1 is 1.03 bits per heavy atom. The van der Waals surface area contributed by atoms with Crippen molar-refractivity contribution >= 4 is 23.2 Å². The summed E-state index contributed by atoms with van der Waals surface area (Å²) in [7, 11) is 1.59. The molecule has 32 heavy (non-hydrogen) atoms. The number of benzene rings is 3. The third-order valence-electron chi connectivity index (χ3n) is 4.69. The third kappa shape index (κ3) is 4.28. The monoisotopic (exact) mass is 448 g/mol. The summed E-state index contributed by atoms with van der Waals surface area (Å²) in [6, 6.07) is 18.4. The maximum absolute atomic E-state index is 11.4. The van der Waals surface area contributed by atoms with Gasteiger partial charge in [-0.3, -0.25) is 10.1 Å². The van der Waals surface area contributed by atoms with Crippen molar-refractivity contribution in [3.05, 3.63) is 82.2 Å². The van der Waals surface area contributed by atoms with E-state index in [2.05, 4.69) is 4.98 Å². The van der Waals surface area contributed by atoms with Crippen molar-refractivity contribution in [1.29, 1.82) is 0 Å². The van der Waals surface area contributed by atoms with Crippen LogP contribution in [0.15, 0.2) is 72.1 Å². The molecule has 0 bridgehead atoms. The minimum atomic E-state index is -1.52. The summed E-state index contributed by atoms with van der Waals surface area (Å²) in [6.07, 6.45) is -1.52. The number of methoxy groups -OCH3 is 1. The van der Waals surface area contributed by atoms with Crippen LogP contribution in [0.3, 0.4) is 0 Å². The molecular weight excluding hydrogens is 432 g/mol. The Hall–Kier alpha value is -4.24. The molecule has 0 spiro atoms. The van der Waals surface area contributed by atoms with Crippen molar-refractivity contribution < 1.29 is 24.3 Å². The first-order chi connectivity index (χ1) is 15.5. The fourth-order valence-electron chi connectivity index (χ4n) is 3.24. The number of nitro benzene ring substituents is 1. The molecule has 0 saturated heterocycles. The Labute approximate surface area is 186 Å². The van der Waals surface area contributed by atoms with Crippen molar-refractivity contribution in [3.8, 4) is 44.5 Å². The van der Waals surface area contributed by atoms with Crippen LogP contribution in [0.4, 0.5) is 10.5 Å². The van der Waals surface area contributed by atoms with Gasteiger partial charge in [-0.2, -0.15) is 0 Å². The first-order valence-electron chi connectivity index (χ1n) is 9.35. The van der Waals surface area contributed by atoms with E-state index in [1.165, 1.54) is 23.5 Å². The highest BCUT2D eigenvalue weighted by Crippen LogP contribution is 2.40. The van der Waals surface area contributed by atoms with Crippen molar-refractivity contribution in [2.75, 3.05) is 7.11 Å². The number of carbonyl (C=O) groups is 1. The lowest BCUT2D eigenvalue weighted by Crippen LogP contribution is -2.05. The summed E-state index contributed by atoms with van der Waals surface area (Å²) in [5, 5.41) is 23.2. The predicted molar refractivity (Wildman–Crippen MR) is 120 cm³/mol. The molecule has 8 nitrogen and oxygen atoms in total. The zero-order valence-corrected chi connectivity index (χ0v) is 17.5. The van der Waals surface area contributed by atoms with Crippen LogP contribution in [0.25, 0.3) is 33.0 Å². The van der Waals surface area contributed by atoms with Gasteiger partial charge in [0, 0.05) is 28.1 Å². The number of thiazole rings is 1. The number of hydrogen-bond acceptors (Lipinski definition) is 7. The van der Waals surface area contributed by atoms with Gasteiger partial charge in [-0.15, -0.1) is 11.3 Å². The minimum Gasteiger partial charge on any atom is -0.497 e. The summed E-state index contributed by atoms with van der Waals surface area (Å²) in [6.45, 7) is 0. The Kier molecular flexibility index (Phi) is 5.82. The molecule has 4 aromatic rings. The van der Waals surface area contributed by atoms with E-state index in [0.29, 0.717) is 21.9 Å². The fraction of sp³-hybridized carbons (Fsp3) is 0.0435. The number of nitro groups is 1. The Morgan fingerprint density at radius 3 is 2.59 bits per heavy atom. The zero-order valence-electron chi connectivity index (χ0n) is 16.7. The number of rotatable bonds is 6. The smallest absolute Gasteiger partial charge is 0.497 e. The third-order valence-corrected chi connectivity index (χ3v) is 5.58. The number of aromatic nitrogens is 1. The lowest BCUT2D eigenvalue weighted by Gasteiger charge is -2.10. The fourth-order valence-corrected chi connectivity index (χ4v) is 4.06.